The van der Waals surface area contributed by atoms with Crippen LogP contribution in [-0.2, 0) is 23.8 Å². The molecular weight excluding hydrogens is 294 g/mol. The molecule has 0 N–H and O–H groups in total. The Hall–Kier alpha value is -0.760. The van der Waals surface area contributed by atoms with Gasteiger partial charge in [0.15, 0.2) is 0 Å². The average Bonchev–Trinajstić information content (AvgIpc) is 2.84. The van der Waals surface area contributed by atoms with E-state index in [-0.39, 0.29) is 24.4 Å². The van der Waals surface area contributed by atoms with Crippen LogP contribution in [0.2, 0.25) is 0 Å². The highest BCUT2D eigenvalue weighted by molar-refractivity contribution is 7.87. The molecule has 0 spiro atoms. The standard InChI is InChI=1S/C12H16F2O5S/c1-11-7-3-6(4-9(7)20(16,17)19-11)8(11)5-18-10(15)12(2,13)14/h6-9H,3-5H2,1-2H3. The number of hydrogen-bond acceptors (Lipinski definition) is 5. The average molecular weight is 310 g/mol. The van der Waals surface area contributed by atoms with E-state index in [1.807, 2.05) is 0 Å². The van der Waals surface area contributed by atoms with E-state index >= 15 is 0 Å². The van der Waals surface area contributed by atoms with Crippen molar-refractivity contribution in [3.63, 3.8) is 0 Å². The van der Waals surface area contributed by atoms with E-state index in [0.717, 1.165) is 0 Å². The second-order valence-electron chi connectivity index (χ2n) is 6.23. The van der Waals surface area contributed by atoms with Crippen molar-refractivity contribution in [3.8, 4) is 0 Å². The summed E-state index contributed by atoms with van der Waals surface area (Å²) >= 11 is 0. The maximum Gasteiger partial charge on any atom is 0.376 e. The van der Waals surface area contributed by atoms with Crippen molar-refractivity contribution < 1.29 is 30.9 Å². The van der Waals surface area contributed by atoms with Crippen LogP contribution in [0.15, 0.2) is 0 Å². The van der Waals surface area contributed by atoms with Gasteiger partial charge in [-0.25, -0.2) is 4.79 Å². The molecule has 0 aromatic heterocycles. The van der Waals surface area contributed by atoms with Crippen molar-refractivity contribution in [2.75, 3.05) is 6.61 Å². The van der Waals surface area contributed by atoms with Crippen LogP contribution in [0.25, 0.3) is 0 Å². The van der Waals surface area contributed by atoms with Crippen LogP contribution >= 0.6 is 0 Å². The minimum Gasteiger partial charge on any atom is -0.461 e. The van der Waals surface area contributed by atoms with Gasteiger partial charge in [0.25, 0.3) is 10.1 Å². The number of rotatable bonds is 3. The maximum absolute atomic E-state index is 12.8. The highest BCUT2D eigenvalue weighted by Crippen LogP contribution is 2.63. The summed E-state index contributed by atoms with van der Waals surface area (Å²) in [6.07, 6.45) is 1.15. The highest BCUT2D eigenvalue weighted by Gasteiger charge is 2.70. The second-order valence-corrected chi connectivity index (χ2v) is 7.99. The van der Waals surface area contributed by atoms with Crippen LogP contribution in [0.1, 0.15) is 26.7 Å². The summed E-state index contributed by atoms with van der Waals surface area (Å²) in [6, 6.07) is 0. The minimum absolute atomic E-state index is 0.0468. The van der Waals surface area contributed by atoms with Crippen LogP contribution in [0.4, 0.5) is 8.78 Å². The van der Waals surface area contributed by atoms with E-state index in [0.29, 0.717) is 19.8 Å². The zero-order valence-electron chi connectivity index (χ0n) is 11.1. The highest BCUT2D eigenvalue weighted by atomic mass is 32.2. The number of esters is 1. The normalized spacial score (nSPS) is 44.8. The van der Waals surface area contributed by atoms with E-state index in [9.17, 15) is 22.0 Å². The molecule has 1 aliphatic heterocycles. The fraction of sp³-hybridized carbons (Fsp3) is 0.917. The van der Waals surface area contributed by atoms with Crippen LogP contribution < -0.4 is 0 Å². The van der Waals surface area contributed by atoms with Crippen LogP contribution in [0, 0.1) is 17.8 Å². The van der Waals surface area contributed by atoms with Gasteiger partial charge in [-0.1, -0.05) is 0 Å². The van der Waals surface area contributed by atoms with E-state index in [1.165, 1.54) is 0 Å². The van der Waals surface area contributed by atoms with Crippen LogP contribution in [-0.4, -0.2) is 37.8 Å². The third kappa shape index (κ3) is 1.80. The van der Waals surface area contributed by atoms with Gasteiger partial charge in [0.1, 0.15) is 0 Å². The molecule has 1 heterocycles. The van der Waals surface area contributed by atoms with Gasteiger partial charge in [0.2, 0.25) is 0 Å². The van der Waals surface area contributed by atoms with Crippen molar-refractivity contribution >= 4 is 16.1 Å². The maximum atomic E-state index is 12.8. The van der Waals surface area contributed by atoms with E-state index in [2.05, 4.69) is 4.74 Å². The van der Waals surface area contributed by atoms with Crippen LogP contribution in [0.5, 0.6) is 0 Å². The van der Waals surface area contributed by atoms with Crippen molar-refractivity contribution in [3.05, 3.63) is 0 Å². The lowest BCUT2D eigenvalue weighted by Gasteiger charge is -2.33. The third-order valence-corrected chi connectivity index (χ3v) is 6.85. The molecule has 8 heteroatoms. The van der Waals surface area contributed by atoms with Gasteiger partial charge in [0.05, 0.1) is 17.5 Å². The summed E-state index contributed by atoms with van der Waals surface area (Å²) in [4.78, 5) is 11.1. The molecule has 0 amide bonds. The largest absolute Gasteiger partial charge is 0.461 e. The second kappa shape index (κ2) is 3.91. The Morgan fingerprint density at radius 1 is 1.45 bits per heavy atom. The quantitative estimate of drug-likeness (QED) is 0.581. The molecule has 0 radical (unpaired) electrons. The van der Waals surface area contributed by atoms with Gasteiger partial charge in [-0.15, -0.1) is 0 Å². The molecule has 3 aliphatic rings. The van der Waals surface area contributed by atoms with E-state index in [4.69, 9.17) is 4.18 Å². The van der Waals surface area contributed by atoms with E-state index < -0.39 is 32.9 Å². The van der Waals surface area contributed by atoms with Gasteiger partial charge < -0.3 is 4.74 Å². The molecule has 5 nitrogen and oxygen atoms in total. The molecule has 2 bridgehead atoms. The topological polar surface area (TPSA) is 69.7 Å². The van der Waals surface area contributed by atoms with Crippen molar-refractivity contribution in [2.24, 2.45) is 17.8 Å². The molecule has 114 valence electrons. The molecule has 3 fully saturated rings. The molecule has 20 heavy (non-hydrogen) atoms. The predicted octanol–water partition coefficient (Wildman–Crippen LogP) is 1.33. The molecule has 0 aromatic rings. The molecular formula is C12H16F2O5S. The summed E-state index contributed by atoms with van der Waals surface area (Å²) in [6.45, 7) is 1.93. The third-order valence-electron chi connectivity index (χ3n) is 5.00. The Kier molecular flexibility index (Phi) is 2.77. The number of hydrogen-bond donors (Lipinski definition) is 0. The molecule has 5 unspecified atom stereocenters. The van der Waals surface area contributed by atoms with Crippen molar-refractivity contribution in [1.29, 1.82) is 0 Å². The number of carbonyl (C=O) groups excluding carboxylic acids is 1. The van der Waals surface area contributed by atoms with E-state index in [1.54, 1.807) is 6.92 Å². The SMILES string of the molecule is CC(F)(F)C(=O)OCC1C2CC3C(C2)S(=O)(=O)OC13C. The smallest absolute Gasteiger partial charge is 0.376 e. The summed E-state index contributed by atoms with van der Waals surface area (Å²) in [5, 5.41) is -0.489. The number of carbonyl (C=O) groups is 1. The fourth-order valence-corrected chi connectivity index (χ4v) is 6.20. The molecule has 1 saturated heterocycles. The Morgan fingerprint density at radius 2 is 2.10 bits per heavy atom. The molecule has 3 rings (SSSR count). The minimum atomic E-state index is -3.58. The number of ether oxygens (including phenoxy) is 1. The lowest BCUT2D eigenvalue weighted by atomic mass is 9.77. The lowest BCUT2D eigenvalue weighted by molar-refractivity contribution is -0.173. The molecule has 2 saturated carbocycles. The number of halogens is 2. The summed E-state index contributed by atoms with van der Waals surface area (Å²) in [5.74, 6) is -5.54. The number of alkyl halides is 2. The molecule has 5 atom stereocenters. The number of fused-ring (bicyclic) bond motifs is 1. The van der Waals surface area contributed by atoms with Crippen LogP contribution in [0.3, 0.4) is 0 Å². The Morgan fingerprint density at radius 3 is 2.70 bits per heavy atom. The van der Waals surface area contributed by atoms with Gasteiger partial charge in [-0.2, -0.15) is 17.2 Å². The summed E-state index contributed by atoms with van der Waals surface area (Å²) in [7, 11) is -3.58. The first-order chi connectivity index (χ1) is 9.06. The fourth-order valence-electron chi connectivity index (χ4n) is 4.06. The van der Waals surface area contributed by atoms with Gasteiger partial charge in [0, 0.05) is 18.8 Å². The zero-order valence-corrected chi connectivity index (χ0v) is 12.0. The zero-order chi connectivity index (χ0) is 14.9. The first-order valence-electron chi connectivity index (χ1n) is 6.55. The first-order valence-corrected chi connectivity index (χ1v) is 8.02. The van der Waals surface area contributed by atoms with Gasteiger partial charge in [-0.3, -0.25) is 4.18 Å². The summed E-state index contributed by atoms with van der Waals surface area (Å²) < 4.78 is 59.2. The van der Waals surface area contributed by atoms with Gasteiger partial charge in [-0.05, 0) is 25.7 Å². The Labute approximate surface area is 115 Å². The Balaban J connectivity index is 1.76. The molecule has 2 aliphatic carbocycles. The lowest BCUT2D eigenvalue weighted by Crippen LogP contribution is -2.43. The first kappa shape index (κ1) is 14.2. The van der Waals surface area contributed by atoms with Crippen molar-refractivity contribution in [2.45, 2.75) is 43.5 Å². The monoisotopic (exact) mass is 310 g/mol. The van der Waals surface area contributed by atoms with Crippen molar-refractivity contribution in [1.82, 2.24) is 0 Å². The molecule has 0 aromatic carbocycles. The summed E-state index contributed by atoms with van der Waals surface area (Å²) in [5.41, 5.74) is -0.921. The Bertz CT molecular complexity index is 555. The predicted molar refractivity (Wildman–Crippen MR) is 63.5 cm³/mol. The van der Waals surface area contributed by atoms with Gasteiger partial charge >= 0.3 is 11.9 Å².